The first-order valence-corrected chi connectivity index (χ1v) is 9.08. The van der Waals surface area contributed by atoms with E-state index in [0.717, 1.165) is 34.4 Å². The van der Waals surface area contributed by atoms with Crippen LogP contribution in [0.5, 0.6) is 0 Å². The van der Waals surface area contributed by atoms with Crippen LogP contribution in [0.2, 0.25) is 0 Å². The first kappa shape index (κ1) is 18.1. The number of hydrogen-bond donors (Lipinski definition) is 0. The highest BCUT2D eigenvalue weighted by molar-refractivity contribution is 6.06. The predicted molar refractivity (Wildman–Crippen MR) is 104 cm³/mol. The van der Waals surface area contributed by atoms with Crippen molar-refractivity contribution in [3.63, 3.8) is 0 Å². The van der Waals surface area contributed by atoms with Crippen LogP contribution in [-0.4, -0.2) is 31.6 Å². The molecule has 0 saturated heterocycles. The van der Waals surface area contributed by atoms with Gasteiger partial charge in [0.2, 0.25) is 0 Å². The zero-order valence-electron chi connectivity index (χ0n) is 16.2. The van der Waals surface area contributed by atoms with Crippen molar-refractivity contribution in [2.75, 3.05) is 0 Å². The number of nitrogens with zero attached hydrogens (tertiary/aromatic N) is 4. The Kier molecular flexibility index (Phi) is 5.07. The van der Waals surface area contributed by atoms with Gasteiger partial charge in [-0.15, -0.1) is 0 Å². The molecule has 2 heterocycles. The molecule has 1 aromatic carbocycles. The Morgan fingerprint density at radius 1 is 1.23 bits per heavy atom. The minimum absolute atomic E-state index is 0.0369. The van der Waals surface area contributed by atoms with Gasteiger partial charge in [-0.3, -0.25) is 9.48 Å². The van der Waals surface area contributed by atoms with Crippen LogP contribution in [-0.2, 0) is 13.6 Å². The van der Waals surface area contributed by atoms with E-state index in [0.29, 0.717) is 12.1 Å². The number of carbonyl (C=O) groups excluding carboxylic acids is 1. The van der Waals surface area contributed by atoms with E-state index in [-0.39, 0.29) is 11.9 Å². The molecule has 1 unspecified atom stereocenters. The van der Waals surface area contributed by atoms with Gasteiger partial charge in [0, 0.05) is 25.3 Å². The second-order valence-corrected chi connectivity index (χ2v) is 6.89. The number of aryl methyl sites for hydroxylation is 3. The third kappa shape index (κ3) is 3.34. The van der Waals surface area contributed by atoms with Crippen LogP contribution in [0.4, 0.5) is 0 Å². The molecule has 1 atom stereocenters. The fraction of sp³-hybridized carbons (Fsp3) is 0.381. The highest BCUT2D eigenvalue weighted by atomic mass is 16.2. The van der Waals surface area contributed by atoms with Crippen LogP contribution in [0, 0.1) is 13.8 Å². The van der Waals surface area contributed by atoms with E-state index in [2.05, 4.69) is 36.1 Å². The van der Waals surface area contributed by atoms with Crippen molar-refractivity contribution >= 4 is 16.9 Å². The molecular formula is C21H26N4O. The summed E-state index contributed by atoms with van der Waals surface area (Å²) in [4.78, 5) is 20.1. The minimum atomic E-state index is 0.0369. The summed E-state index contributed by atoms with van der Waals surface area (Å²) in [5.74, 6) is 0.0369. The van der Waals surface area contributed by atoms with Crippen molar-refractivity contribution in [2.45, 2.75) is 46.7 Å². The van der Waals surface area contributed by atoms with Gasteiger partial charge in [0.15, 0.2) is 5.65 Å². The number of rotatable bonds is 5. The van der Waals surface area contributed by atoms with Gasteiger partial charge >= 0.3 is 0 Å². The number of hydrogen-bond acceptors (Lipinski definition) is 3. The average molecular weight is 350 g/mol. The highest BCUT2D eigenvalue weighted by Gasteiger charge is 2.25. The van der Waals surface area contributed by atoms with E-state index >= 15 is 0 Å². The molecule has 136 valence electrons. The number of carbonyl (C=O) groups is 1. The molecule has 3 aromatic rings. The van der Waals surface area contributed by atoms with Crippen molar-refractivity contribution in [3.8, 4) is 0 Å². The highest BCUT2D eigenvalue weighted by Crippen LogP contribution is 2.25. The number of aromatic nitrogens is 3. The van der Waals surface area contributed by atoms with Crippen LogP contribution in [0.15, 0.2) is 36.4 Å². The SMILES string of the molecule is CCC(C)N(Cc1ccccc1)C(=O)c1cc(C)nc2c1c(C)nn2C. The summed E-state index contributed by atoms with van der Waals surface area (Å²) in [5, 5.41) is 5.32. The average Bonchev–Trinajstić information content (AvgIpc) is 2.92. The maximum Gasteiger partial charge on any atom is 0.255 e. The van der Waals surface area contributed by atoms with Crippen molar-refractivity contribution in [3.05, 3.63) is 58.9 Å². The molecule has 1 amide bonds. The molecule has 0 radical (unpaired) electrons. The summed E-state index contributed by atoms with van der Waals surface area (Å²) < 4.78 is 1.75. The third-order valence-corrected chi connectivity index (χ3v) is 4.91. The molecule has 0 aliphatic rings. The zero-order valence-corrected chi connectivity index (χ0v) is 16.2. The molecule has 0 N–H and O–H groups in total. The standard InChI is InChI=1S/C21H26N4O/c1-6-15(3)25(13-17-10-8-7-9-11-17)21(26)18-12-14(2)22-20-19(18)16(4)23-24(20)5/h7-12,15H,6,13H2,1-5H3. The molecule has 5 nitrogen and oxygen atoms in total. The van der Waals surface area contributed by atoms with Gasteiger partial charge in [-0.1, -0.05) is 37.3 Å². The number of benzene rings is 1. The van der Waals surface area contributed by atoms with Crippen molar-refractivity contribution in [1.82, 2.24) is 19.7 Å². The Labute approximate surface area is 154 Å². The van der Waals surface area contributed by atoms with Crippen molar-refractivity contribution in [2.24, 2.45) is 7.05 Å². The van der Waals surface area contributed by atoms with Crippen LogP contribution in [0.1, 0.15) is 47.6 Å². The monoisotopic (exact) mass is 350 g/mol. The number of pyridine rings is 1. The molecule has 0 aliphatic carbocycles. The van der Waals surface area contributed by atoms with Gasteiger partial charge in [0.1, 0.15) is 0 Å². The van der Waals surface area contributed by atoms with Gasteiger partial charge in [-0.05, 0) is 38.8 Å². The number of fused-ring (bicyclic) bond motifs is 1. The van der Waals surface area contributed by atoms with E-state index in [9.17, 15) is 4.79 Å². The van der Waals surface area contributed by atoms with Crippen LogP contribution < -0.4 is 0 Å². The summed E-state index contributed by atoms with van der Waals surface area (Å²) in [6.45, 7) is 8.65. The maximum atomic E-state index is 13.5. The first-order valence-electron chi connectivity index (χ1n) is 9.08. The van der Waals surface area contributed by atoms with Gasteiger partial charge in [-0.2, -0.15) is 5.10 Å². The Balaban J connectivity index is 2.08. The van der Waals surface area contributed by atoms with E-state index in [1.807, 2.05) is 50.1 Å². The fourth-order valence-corrected chi connectivity index (χ4v) is 3.32. The molecular weight excluding hydrogens is 324 g/mol. The summed E-state index contributed by atoms with van der Waals surface area (Å²) in [6.07, 6.45) is 0.901. The number of amides is 1. The van der Waals surface area contributed by atoms with E-state index in [1.54, 1.807) is 4.68 Å². The lowest BCUT2D eigenvalue weighted by Gasteiger charge is -2.29. The molecule has 0 aliphatic heterocycles. The smallest absolute Gasteiger partial charge is 0.255 e. The van der Waals surface area contributed by atoms with Crippen LogP contribution >= 0.6 is 0 Å². The molecule has 26 heavy (non-hydrogen) atoms. The van der Waals surface area contributed by atoms with Crippen molar-refractivity contribution < 1.29 is 4.79 Å². The minimum Gasteiger partial charge on any atom is -0.332 e. The molecule has 0 spiro atoms. The Morgan fingerprint density at radius 3 is 2.58 bits per heavy atom. The van der Waals surface area contributed by atoms with E-state index < -0.39 is 0 Å². The summed E-state index contributed by atoms with van der Waals surface area (Å²) in [5.41, 5.74) is 4.24. The predicted octanol–water partition coefficient (Wildman–Crippen LogP) is 4.03. The normalized spacial score (nSPS) is 12.3. The lowest BCUT2D eigenvalue weighted by Crippen LogP contribution is -2.38. The van der Waals surface area contributed by atoms with Gasteiger partial charge in [0.05, 0.1) is 16.6 Å². The summed E-state index contributed by atoms with van der Waals surface area (Å²) in [7, 11) is 1.87. The zero-order chi connectivity index (χ0) is 18.8. The lowest BCUT2D eigenvalue weighted by atomic mass is 10.1. The topological polar surface area (TPSA) is 51.0 Å². The second-order valence-electron chi connectivity index (χ2n) is 6.89. The lowest BCUT2D eigenvalue weighted by molar-refractivity contribution is 0.0673. The largest absolute Gasteiger partial charge is 0.332 e. The summed E-state index contributed by atoms with van der Waals surface area (Å²) >= 11 is 0. The van der Waals surface area contributed by atoms with Crippen LogP contribution in [0.3, 0.4) is 0 Å². The molecule has 0 fully saturated rings. The molecule has 3 rings (SSSR count). The van der Waals surface area contributed by atoms with Gasteiger partial charge < -0.3 is 4.90 Å². The fourth-order valence-electron chi connectivity index (χ4n) is 3.32. The quantitative estimate of drug-likeness (QED) is 0.698. The maximum absolute atomic E-state index is 13.5. The van der Waals surface area contributed by atoms with Gasteiger partial charge in [-0.25, -0.2) is 4.98 Å². The molecule has 0 saturated carbocycles. The van der Waals surface area contributed by atoms with Crippen molar-refractivity contribution in [1.29, 1.82) is 0 Å². The van der Waals surface area contributed by atoms with E-state index in [1.165, 1.54) is 0 Å². The third-order valence-electron chi connectivity index (χ3n) is 4.91. The Hall–Kier alpha value is -2.69. The molecule has 5 heteroatoms. The summed E-state index contributed by atoms with van der Waals surface area (Å²) in [6, 6.07) is 12.2. The van der Waals surface area contributed by atoms with Crippen LogP contribution in [0.25, 0.3) is 11.0 Å². The Morgan fingerprint density at radius 2 is 1.92 bits per heavy atom. The first-order chi connectivity index (χ1) is 12.4. The molecule has 2 aromatic heterocycles. The Bertz CT molecular complexity index is 930. The van der Waals surface area contributed by atoms with E-state index in [4.69, 9.17) is 0 Å². The second kappa shape index (κ2) is 7.28. The molecule has 0 bridgehead atoms. The van der Waals surface area contributed by atoms with Gasteiger partial charge in [0.25, 0.3) is 5.91 Å².